The minimum absolute atomic E-state index is 0.00467. The summed E-state index contributed by atoms with van der Waals surface area (Å²) in [5, 5.41) is 11.7. The first kappa shape index (κ1) is 16.4. The van der Waals surface area contributed by atoms with Gasteiger partial charge in [0.15, 0.2) is 0 Å². The van der Waals surface area contributed by atoms with E-state index < -0.39 is 11.7 Å². The standard InChI is InChI=1S/C15H22FNO3/c1-3-4-11(7-8-18)10-17-15(19)13-6-5-12(20-2)9-14(13)16/h5-6,9,11,18H,3-4,7-8,10H2,1-2H3,(H,17,19). The number of hydrogen-bond donors (Lipinski definition) is 2. The third-order valence-corrected chi connectivity index (χ3v) is 3.21. The van der Waals surface area contributed by atoms with Crippen LogP contribution in [0.2, 0.25) is 0 Å². The van der Waals surface area contributed by atoms with Gasteiger partial charge in [0.2, 0.25) is 0 Å². The predicted molar refractivity (Wildman–Crippen MR) is 75.4 cm³/mol. The fraction of sp³-hybridized carbons (Fsp3) is 0.533. The maximum absolute atomic E-state index is 13.7. The fourth-order valence-corrected chi connectivity index (χ4v) is 2.08. The normalized spacial score (nSPS) is 12.0. The van der Waals surface area contributed by atoms with Crippen molar-refractivity contribution in [2.45, 2.75) is 26.2 Å². The summed E-state index contributed by atoms with van der Waals surface area (Å²) in [6.07, 6.45) is 2.54. The topological polar surface area (TPSA) is 58.6 Å². The Balaban J connectivity index is 2.61. The molecule has 0 radical (unpaired) electrons. The zero-order valence-electron chi connectivity index (χ0n) is 12.0. The van der Waals surface area contributed by atoms with Gasteiger partial charge in [-0.1, -0.05) is 13.3 Å². The van der Waals surface area contributed by atoms with Gasteiger partial charge in [-0.25, -0.2) is 4.39 Å². The van der Waals surface area contributed by atoms with Crippen LogP contribution in [0.15, 0.2) is 18.2 Å². The highest BCUT2D eigenvalue weighted by Crippen LogP contribution is 2.16. The van der Waals surface area contributed by atoms with Gasteiger partial charge in [0.1, 0.15) is 11.6 Å². The van der Waals surface area contributed by atoms with Gasteiger partial charge in [0.05, 0.1) is 12.7 Å². The van der Waals surface area contributed by atoms with E-state index in [1.165, 1.54) is 19.2 Å². The van der Waals surface area contributed by atoms with E-state index in [1.54, 1.807) is 6.07 Å². The second-order valence-corrected chi connectivity index (χ2v) is 4.72. The Morgan fingerprint density at radius 2 is 2.20 bits per heavy atom. The second-order valence-electron chi connectivity index (χ2n) is 4.72. The van der Waals surface area contributed by atoms with Crippen LogP contribution in [-0.4, -0.2) is 31.3 Å². The van der Waals surface area contributed by atoms with Crippen LogP contribution >= 0.6 is 0 Å². The summed E-state index contributed by atoms with van der Waals surface area (Å²) < 4.78 is 18.6. The lowest BCUT2D eigenvalue weighted by molar-refractivity contribution is 0.0939. The van der Waals surface area contributed by atoms with Crippen LogP contribution in [0.4, 0.5) is 4.39 Å². The summed E-state index contributed by atoms with van der Waals surface area (Å²) in [4.78, 5) is 11.9. The molecule has 0 aliphatic heterocycles. The van der Waals surface area contributed by atoms with E-state index in [2.05, 4.69) is 12.2 Å². The van der Waals surface area contributed by atoms with E-state index in [9.17, 15) is 9.18 Å². The zero-order chi connectivity index (χ0) is 15.0. The molecular formula is C15H22FNO3. The summed E-state index contributed by atoms with van der Waals surface area (Å²) >= 11 is 0. The molecule has 1 amide bonds. The Bertz CT molecular complexity index is 431. The molecule has 20 heavy (non-hydrogen) atoms. The van der Waals surface area contributed by atoms with Crippen molar-refractivity contribution >= 4 is 5.91 Å². The number of rotatable bonds is 8. The lowest BCUT2D eigenvalue weighted by Crippen LogP contribution is -2.30. The molecule has 1 unspecified atom stereocenters. The molecule has 0 spiro atoms. The van der Waals surface area contributed by atoms with Crippen LogP contribution in [0, 0.1) is 11.7 Å². The number of aliphatic hydroxyl groups excluding tert-OH is 1. The van der Waals surface area contributed by atoms with Crippen molar-refractivity contribution in [1.29, 1.82) is 0 Å². The number of methoxy groups -OCH3 is 1. The summed E-state index contributed by atoms with van der Waals surface area (Å²) in [5.41, 5.74) is 0.00467. The number of carbonyl (C=O) groups excluding carboxylic acids is 1. The molecule has 0 saturated heterocycles. The van der Waals surface area contributed by atoms with Crippen LogP contribution in [0.3, 0.4) is 0 Å². The number of amides is 1. The molecule has 1 aromatic rings. The van der Waals surface area contributed by atoms with Crippen molar-refractivity contribution in [1.82, 2.24) is 5.32 Å². The smallest absolute Gasteiger partial charge is 0.254 e. The van der Waals surface area contributed by atoms with Gasteiger partial charge in [-0.3, -0.25) is 4.79 Å². The van der Waals surface area contributed by atoms with E-state index in [-0.39, 0.29) is 18.1 Å². The Morgan fingerprint density at radius 3 is 2.75 bits per heavy atom. The molecule has 0 aromatic heterocycles. The summed E-state index contributed by atoms with van der Waals surface area (Å²) in [7, 11) is 1.44. The SMILES string of the molecule is CCCC(CCO)CNC(=O)c1ccc(OC)cc1F. The number of hydrogen-bond acceptors (Lipinski definition) is 3. The lowest BCUT2D eigenvalue weighted by Gasteiger charge is -2.16. The van der Waals surface area contributed by atoms with Crippen molar-refractivity contribution < 1.29 is 19.0 Å². The molecule has 0 saturated carbocycles. The third kappa shape index (κ3) is 4.81. The van der Waals surface area contributed by atoms with E-state index >= 15 is 0 Å². The van der Waals surface area contributed by atoms with Gasteiger partial charge < -0.3 is 15.2 Å². The van der Waals surface area contributed by atoms with E-state index in [0.29, 0.717) is 18.7 Å². The molecule has 4 nitrogen and oxygen atoms in total. The van der Waals surface area contributed by atoms with E-state index in [0.717, 1.165) is 12.8 Å². The highest BCUT2D eigenvalue weighted by Gasteiger charge is 2.14. The highest BCUT2D eigenvalue weighted by atomic mass is 19.1. The molecule has 1 aromatic carbocycles. The highest BCUT2D eigenvalue weighted by molar-refractivity contribution is 5.94. The number of benzene rings is 1. The molecule has 0 aliphatic rings. The molecule has 0 bridgehead atoms. The molecule has 5 heteroatoms. The Labute approximate surface area is 119 Å². The average molecular weight is 283 g/mol. The maximum Gasteiger partial charge on any atom is 0.254 e. The first-order chi connectivity index (χ1) is 9.62. The number of ether oxygens (including phenoxy) is 1. The molecule has 2 N–H and O–H groups in total. The number of aliphatic hydroxyl groups is 1. The van der Waals surface area contributed by atoms with Gasteiger partial charge in [0.25, 0.3) is 5.91 Å². The molecule has 0 fully saturated rings. The maximum atomic E-state index is 13.7. The zero-order valence-corrected chi connectivity index (χ0v) is 12.0. The van der Waals surface area contributed by atoms with Crippen LogP contribution in [0.25, 0.3) is 0 Å². The lowest BCUT2D eigenvalue weighted by atomic mass is 10.00. The first-order valence-electron chi connectivity index (χ1n) is 6.85. The molecule has 112 valence electrons. The Hall–Kier alpha value is -1.62. The van der Waals surface area contributed by atoms with Crippen LogP contribution in [0.1, 0.15) is 36.5 Å². The minimum Gasteiger partial charge on any atom is -0.497 e. The Morgan fingerprint density at radius 1 is 1.45 bits per heavy atom. The van der Waals surface area contributed by atoms with Crippen LogP contribution < -0.4 is 10.1 Å². The average Bonchev–Trinajstić information content (AvgIpc) is 2.44. The van der Waals surface area contributed by atoms with Gasteiger partial charge in [-0.15, -0.1) is 0 Å². The fourth-order valence-electron chi connectivity index (χ4n) is 2.08. The summed E-state index contributed by atoms with van der Waals surface area (Å²) in [5.74, 6) is -0.446. The molecule has 0 aliphatic carbocycles. The van der Waals surface area contributed by atoms with Gasteiger partial charge >= 0.3 is 0 Å². The molecular weight excluding hydrogens is 261 g/mol. The van der Waals surface area contributed by atoms with Gasteiger partial charge in [-0.05, 0) is 30.9 Å². The van der Waals surface area contributed by atoms with Crippen molar-refractivity contribution in [3.63, 3.8) is 0 Å². The van der Waals surface area contributed by atoms with E-state index in [4.69, 9.17) is 9.84 Å². The van der Waals surface area contributed by atoms with Gasteiger partial charge in [-0.2, -0.15) is 0 Å². The van der Waals surface area contributed by atoms with Crippen molar-refractivity contribution in [3.8, 4) is 5.75 Å². The molecule has 0 heterocycles. The van der Waals surface area contributed by atoms with E-state index in [1.807, 2.05) is 0 Å². The second kappa shape index (κ2) is 8.53. The van der Waals surface area contributed by atoms with Crippen LogP contribution in [-0.2, 0) is 0 Å². The third-order valence-electron chi connectivity index (χ3n) is 3.21. The monoisotopic (exact) mass is 283 g/mol. The largest absolute Gasteiger partial charge is 0.497 e. The first-order valence-corrected chi connectivity index (χ1v) is 6.85. The van der Waals surface area contributed by atoms with Crippen molar-refractivity contribution in [2.24, 2.45) is 5.92 Å². The quantitative estimate of drug-likeness (QED) is 0.770. The Kier molecular flexibility index (Phi) is 7.01. The summed E-state index contributed by atoms with van der Waals surface area (Å²) in [6, 6.07) is 4.14. The number of carbonyl (C=O) groups is 1. The number of nitrogens with one attached hydrogen (secondary N) is 1. The predicted octanol–water partition coefficient (Wildman–Crippen LogP) is 2.36. The minimum atomic E-state index is -0.601. The van der Waals surface area contributed by atoms with Crippen LogP contribution in [0.5, 0.6) is 5.75 Å². The van der Waals surface area contributed by atoms with Crippen molar-refractivity contribution in [2.75, 3.05) is 20.3 Å². The van der Waals surface area contributed by atoms with Gasteiger partial charge in [0, 0.05) is 19.2 Å². The number of halogens is 1. The summed E-state index contributed by atoms with van der Waals surface area (Å²) in [6.45, 7) is 2.59. The molecule has 1 rings (SSSR count). The molecule has 1 atom stereocenters. The van der Waals surface area contributed by atoms with Crippen molar-refractivity contribution in [3.05, 3.63) is 29.6 Å².